The van der Waals surface area contributed by atoms with Gasteiger partial charge < -0.3 is 34.1 Å². The van der Waals surface area contributed by atoms with Gasteiger partial charge in [-0.3, -0.25) is 25.1 Å². The molecular formula is C11H14GdN2O5-4. The molecule has 8 heteroatoms. The Labute approximate surface area is 144 Å². The summed E-state index contributed by atoms with van der Waals surface area (Å²) < 4.78 is 0. The fraction of sp³-hybridized carbons (Fsp3) is 0.636. The standard InChI is InChI=1S/C11H14N2O5.Gd/c14-5-1-12(2-6-15)9-11(18)10-13(3-7-16)4-8-17;/h11,18H,1-4,9-10H2;/q-4;. The average Bonchev–Trinajstić information content (AvgIpc) is 2.30. The van der Waals surface area contributed by atoms with Crippen molar-refractivity contribution in [3.05, 3.63) is 0 Å². The van der Waals surface area contributed by atoms with Gasteiger partial charge in [0.2, 0.25) is 0 Å². The first-order valence-corrected chi connectivity index (χ1v) is 5.20. The molecule has 0 aromatic heterocycles. The summed E-state index contributed by atoms with van der Waals surface area (Å²) in [5.74, 6) is 0. The Morgan fingerprint density at radius 2 is 1.00 bits per heavy atom. The van der Waals surface area contributed by atoms with E-state index in [-0.39, 0.29) is 79.2 Å². The van der Waals surface area contributed by atoms with Crippen LogP contribution in [0.25, 0.3) is 0 Å². The van der Waals surface area contributed by atoms with Crippen molar-refractivity contribution in [2.75, 3.05) is 39.3 Å². The Kier molecular flexibility index (Phi) is 15.9. The fourth-order valence-electron chi connectivity index (χ4n) is 1.39. The molecule has 0 rings (SSSR count). The SMILES string of the molecule is O=[C-]CN(C[C-]=O)CC(O)CN(C[C-]=O)C[C-]=O.[Gd]. The molecule has 0 heterocycles. The monoisotopic (exact) mass is 412 g/mol. The first-order chi connectivity index (χ1) is 8.67. The maximum absolute atomic E-state index is 10.2. The largest absolute Gasteiger partial charge is 0.541 e. The van der Waals surface area contributed by atoms with Crippen LogP contribution in [-0.2, 0) is 19.2 Å². The number of carbonyl (C=O) groups excluding carboxylic acids is 4. The minimum Gasteiger partial charge on any atom is -0.541 e. The molecule has 0 unspecified atom stereocenters. The topological polar surface area (TPSA) is 95.0 Å². The fourth-order valence-corrected chi connectivity index (χ4v) is 1.39. The molecule has 7 nitrogen and oxygen atoms in total. The summed E-state index contributed by atoms with van der Waals surface area (Å²) in [5, 5.41) is 9.69. The molecule has 0 fully saturated rings. The van der Waals surface area contributed by atoms with E-state index in [2.05, 4.69) is 0 Å². The first-order valence-electron chi connectivity index (χ1n) is 5.20. The zero-order valence-electron chi connectivity index (χ0n) is 10.1. The zero-order chi connectivity index (χ0) is 13.8. The van der Waals surface area contributed by atoms with E-state index in [4.69, 9.17) is 0 Å². The van der Waals surface area contributed by atoms with Crippen molar-refractivity contribution in [1.29, 1.82) is 0 Å². The van der Waals surface area contributed by atoms with E-state index < -0.39 is 6.10 Å². The maximum Gasteiger partial charge on any atom is 0.0790 e. The molecule has 19 heavy (non-hydrogen) atoms. The molecule has 0 saturated heterocycles. The van der Waals surface area contributed by atoms with Crippen molar-refractivity contribution >= 4 is 25.1 Å². The van der Waals surface area contributed by atoms with Gasteiger partial charge in [-0.2, -0.15) is 0 Å². The Morgan fingerprint density at radius 3 is 1.21 bits per heavy atom. The molecule has 110 valence electrons. The number of aliphatic hydroxyl groups excluding tert-OH is 1. The van der Waals surface area contributed by atoms with Gasteiger partial charge in [0, 0.05) is 53.0 Å². The van der Waals surface area contributed by atoms with Crippen LogP contribution in [0.4, 0.5) is 0 Å². The van der Waals surface area contributed by atoms with Crippen LogP contribution < -0.4 is 0 Å². The van der Waals surface area contributed by atoms with E-state index in [9.17, 15) is 24.3 Å². The van der Waals surface area contributed by atoms with E-state index in [1.165, 1.54) is 9.80 Å². The molecular weight excluding hydrogens is 397 g/mol. The van der Waals surface area contributed by atoms with Crippen LogP contribution in [0, 0.1) is 39.9 Å². The van der Waals surface area contributed by atoms with Crippen LogP contribution >= 0.6 is 0 Å². The number of hydrogen-bond acceptors (Lipinski definition) is 7. The summed E-state index contributed by atoms with van der Waals surface area (Å²) in [6.45, 7) is -0.396. The molecule has 0 aromatic carbocycles. The molecule has 0 aromatic rings. The molecule has 0 aliphatic heterocycles. The first kappa shape index (κ1) is 21.2. The van der Waals surface area contributed by atoms with Crippen LogP contribution in [0.3, 0.4) is 0 Å². The van der Waals surface area contributed by atoms with Gasteiger partial charge in [0.05, 0.1) is 6.10 Å². The number of rotatable bonds is 12. The van der Waals surface area contributed by atoms with E-state index in [0.29, 0.717) is 0 Å². The molecule has 0 saturated carbocycles. The van der Waals surface area contributed by atoms with Crippen LogP contribution in [0.2, 0.25) is 0 Å². The van der Waals surface area contributed by atoms with Gasteiger partial charge in [0.25, 0.3) is 0 Å². The van der Waals surface area contributed by atoms with Crippen molar-refractivity contribution < 1.29 is 64.2 Å². The predicted octanol–water partition coefficient (Wildman–Crippen LogP) is -2.61. The summed E-state index contributed by atoms with van der Waals surface area (Å²) in [7, 11) is 0. The molecule has 0 amide bonds. The van der Waals surface area contributed by atoms with Gasteiger partial charge in [-0.15, -0.1) is 26.2 Å². The molecule has 0 aliphatic carbocycles. The number of aliphatic hydroxyl groups is 1. The molecule has 0 bridgehead atoms. The Balaban J connectivity index is 0. The molecule has 0 spiro atoms. The Hall–Kier alpha value is -0.115. The van der Waals surface area contributed by atoms with E-state index in [1.54, 1.807) is 25.1 Å². The number of nitrogens with zero attached hydrogens (tertiary/aromatic N) is 2. The molecule has 0 atom stereocenters. The maximum atomic E-state index is 10.2. The molecule has 0 radical (unpaired) electrons. The molecule has 0 aliphatic rings. The summed E-state index contributed by atoms with van der Waals surface area (Å²) >= 11 is 0. The van der Waals surface area contributed by atoms with Gasteiger partial charge >= 0.3 is 0 Å². The van der Waals surface area contributed by atoms with Crippen molar-refractivity contribution in [3.8, 4) is 0 Å². The zero-order valence-corrected chi connectivity index (χ0v) is 12.4. The van der Waals surface area contributed by atoms with Crippen molar-refractivity contribution in [1.82, 2.24) is 9.80 Å². The van der Waals surface area contributed by atoms with Crippen molar-refractivity contribution in [2.45, 2.75) is 6.10 Å². The summed E-state index contributed by atoms with van der Waals surface area (Å²) in [6.07, 6.45) is 5.51. The normalized spacial score (nSPS) is 10.3. The smallest absolute Gasteiger partial charge is 0.0790 e. The van der Waals surface area contributed by atoms with E-state index in [0.717, 1.165) is 0 Å². The third kappa shape index (κ3) is 11.4. The van der Waals surface area contributed by atoms with Crippen LogP contribution in [0.15, 0.2) is 0 Å². The second-order valence-electron chi connectivity index (χ2n) is 3.57. The van der Waals surface area contributed by atoms with Gasteiger partial charge in [0.15, 0.2) is 0 Å². The van der Waals surface area contributed by atoms with Gasteiger partial charge in [-0.25, -0.2) is 0 Å². The second kappa shape index (κ2) is 14.3. The summed E-state index contributed by atoms with van der Waals surface area (Å²) in [4.78, 5) is 43.5. The van der Waals surface area contributed by atoms with Crippen molar-refractivity contribution in [3.63, 3.8) is 0 Å². The van der Waals surface area contributed by atoms with Crippen LogP contribution in [0.5, 0.6) is 0 Å². The Morgan fingerprint density at radius 1 is 0.737 bits per heavy atom. The van der Waals surface area contributed by atoms with E-state index >= 15 is 0 Å². The summed E-state index contributed by atoms with van der Waals surface area (Å²) in [6, 6.07) is 0. The van der Waals surface area contributed by atoms with Crippen molar-refractivity contribution in [2.24, 2.45) is 0 Å². The predicted molar refractivity (Wildman–Crippen MR) is 61.7 cm³/mol. The minimum atomic E-state index is -0.923. The quantitative estimate of drug-likeness (QED) is 0.352. The molecule has 1 N–H and O–H groups in total. The Bertz CT molecular complexity index is 232. The average molecular weight is 411 g/mol. The third-order valence-electron chi connectivity index (χ3n) is 2.09. The third-order valence-corrected chi connectivity index (χ3v) is 2.09. The second-order valence-corrected chi connectivity index (χ2v) is 3.57. The van der Waals surface area contributed by atoms with E-state index in [1.807, 2.05) is 0 Å². The van der Waals surface area contributed by atoms with Crippen LogP contribution in [-0.4, -0.2) is 85.4 Å². The number of hydrogen-bond donors (Lipinski definition) is 1. The van der Waals surface area contributed by atoms with Gasteiger partial charge in [0.1, 0.15) is 0 Å². The minimum absolute atomic E-state index is 0. The van der Waals surface area contributed by atoms with Gasteiger partial charge in [-0.05, 0) is 0 Å². The summed E-state index contributed by atoms with van der Waals surface area (Å²) in [5.41, 5.74) is 0. The van der Waals surface area contributed by atoms with Gasteiger partial charge in [-0.1, -0.05) is 0 Å². The van der Waals surface area contributed by atoms with Crippen LogP contribution in [0.1, 0.15) is 0 Å².